The van der Waals surface area contributed by atoms with E-state index in [-0.39, 0.29) is 29.7 Å². The number of nitrogens with zero attached hydrogens (tertiary/aromatic N) is 1. The van der Waals surface area contributed by atoms with Crippen LogP contribution in [-0.4, -0.2) is 34.6 Å². The van der Waals surface area contributed by atoms with Gasteiger partial charge in [0.05, 0.1) is 17.2 Å². The second-order valence-corrected chi connectivity index (χ2v) is 8.83. The highest BCUT2D eigenvalue weighted by Crippen LogP contribution is 2.30. The SMILES string of the molecule is CC(NC(=O)C(C(C)C)N1C(=O)c2ccccc2C1=O)c1ccc(NC(=O)C2CC2)cc1. The zero-order chi connectivity index (χ0) is 23.0. The fraction of sp³-hybridized carbons (Fsp3) is 0.360. The molecule has 7 nitrogen and oxygen atoms in total. The van der Waals surface area contributed by atoms with E-state index in [0.717, 1.165) is 29.0 Å². The Bertz CT molecular complexity index is 1040. The average Bonchev–Trinajstić information content (AvgIpc) is 3.59. The molecule has 2 aliphatic rings. The Labute approximate surface area is 187 Å². The Morgan fingerprint density at radius 3 is 1.97 bits per heavy atom. The number of carbonyl (C=O) groups is 4. The van der Waals surface area contributed by atoms with Gasteiger partial charge in [-0.3, -0.25) is 24.1 Å². The fourth-order valence-corrected chi connectivity index (χ4v) is 4.01. The van der Waals surface area contributed by atoms with Gasteiger partial charge in [-0.25, -0.2) is 0 Å². The van der Waals surface area contributed by atoms with Crippen molar-refractivity contribution in [1.82, 2.24) is 10.2 Å². The summed E-state index contributed by atoms with van der Waals surface area (Å²) in [5.41, 5.74) is 2.23. The Morgan fingerprint density at radius 1 is 0.906 bits per heavy atom. The van der Waals surface area contributed by atoms with Gasteiger partial charge in [-0.15, -0.1) is 0 Å². The molecule has 2 aromatic rings. The fourth-order valence-electron chi connectivity index (χ4n) is 4.01. The van der Waals surface area contributed by atoms with Crippen molar-refractivity contribution < 1.29 is 19.2 Å². The molecule has 0 radical (unpaired) electrons. The number of rotatable bonds is 7. The van der Waals surface area contributed by atoms with Crippen molar-refractivity contribution in [3.8, 4) is 0 Å². The second kappa shape index (κ2) is 8.57. The number of anilines is 1. The maximum Gasteiger partial charge on any atom is 0.262 e. The first kappa shape index (κ1) is 21.7. The molecule has 1 aliphatic heterocycles. The van der Waals surface area contributed by atoms with Crippen LogP contribution in [0.2, 0.25) is 0 Å². The van der Waals surface area contributed by atoms with Gasteiger partial charge >= 0.3 is 0 Å². The lowest BCUT2D eigenvalue weighted by molar-refractivity contribution is -0.127. The number of hydrogen-bond acceptors (Lipinski definition) is 4. The summed E-state index contributed by atoms with van der Waals surface area (Å²) < 4.78 is 0. The third-order valence-corrected chi connectivity index (χ3v) is 5.99. The number of carbonyl (C=O) groups excluding carboxylic acids is 4. The minimum Gasteiger partial charge on any atom is -0.348 e. The summed E-state index contributed by atoms with van der Waals surface area (Å²) >= 11 is 0. The van der Waals surface area contributed by atoms with Crippen molar-refractivity contribution in [2.24, 2.45) is 11.8 Å². The highest BCUT2D eigenvalue weighted by atomic mass is 16.2. The Morgan fingerprint density at radius 2 is 1.47 bits per heavy atom. The van der Waals surface area contributed by atoms with Crippen molar-refractivity contribution in [2.45, 2.75) is 45.7 Å². The van der Waals surface area contributed by atoms with Gasteiger partial charge in [0, 0.05) is 11.6 Å². The van der Waals surface area contributed by atoms with Gasteiger partial charge in [-0.05, 0) is 55.5 Å². The third-order valence-electron chi connectivity index (χ3n) is 5.99. The summed E-state index contributed by atoms with van der Waals surface area (Å²) in [7, 11) is 0. The first-order chi connectivity index (χ1) is 15.3. The van der Waals surface area contributed by atoms with Gasteiger partial charge in [0.1, 0.15) is 6.04 Å². The van der Waals surface area contributed by atoms with E-state index in [1.807, 2.05) is 45.0 Å². The van der Waals surface area contributed by atoms with Gasteiger partial charge in [0.2, 0.25) is 11.8 Å². The van der Waals surface area contributed by atoms with E-state index < -0.39 is 17.9 Å². The van der Waals surface area contributed by atoms with E-state index in [1.165, 1.54) is 0 Å². The lowest BCUT2D eigenvalue weighted by atomic mass is 10.00. The van der Waals surface area contributed by atoms with E-state index in [4.69, 9.17) is 0 Å². The molecule has 4 amide bonds. The summed E-state index contributed by atoms with van der Waals surface area (Å²) in [6, 6.07) is 12.7. The van der Waals surface area contributed by atoms with E-state index >= 15 is 0 Å². The van der Waals surface area contributed by atoms with E-state index in [2.05, 4.69) is 10.6 Å². The molecule has 32 heavy (non-hydrogen) atoms. The minimum atomic E-state index is -0.915. The van der Waals surface area contributed by atoms with Gasteiger partial charge in [0.15, 0.2) is 0 Å². The molecule has 2 aromatic carbocycles. The van der Waals surface area contributed by atoms with Crippen LogP contribution in [-0.2, 0) is 9.59 Å². The monoisotopic (exact) mass is 433 g/mol. The molecule has 1 aliphatic carbocycles. The maximum absolute atomic E-state index is 13.2. The largest absolute Gasteiger partial charge is 0.348 e. The summed E-state index contributed by atoms with van der Waals surface area (Å²) in [6.45, 7) is 5.47. The summed E-state index contributed by atoms with van der Waals surface area (Å²) in [4.78, 5) is 51.9. The third kappa shape index (κ3) is 4.15. The van der Waals surface area contributed by atoms with Crippen LogP contribution in [0.1, 0.15) is 65.9 Å². The predicted molar refractivity (Wildman–Crippen MR) is 120 cm³/mol. The van der Waals surface area contributed by atoms with Gasteiger partial charge in [-0.1, -0.05) is 38.1 Å². The zero-order valence-electron chi connectivity index (χ0n) is 18.4. The number of fused-ring (bicyclic) bond motifs is 1. The molecule has 1 heterocycles. The van der Waals surface area contributed by atoms with Crippen LogP contribution >= 0.6 is 0 Å². The van der Waals surface area contributed by atoms with Crippen LogP contribution in [0, 0.1) is 11.8 Å². The number of hydrogen-bond donors (Lipinski definition) is 2. The van der Waals surface area contributed by atoms with Crippen LogP contribution in [0.15, 0.2) is 48.5 Å². The van der Waals surface area contributed by atoms with Crippen molar-refractivity contribution >= 4 is 29.3 Å². The zero-order valence-corrected chi connectivity index (χ0v) is 18.4. The molecule has 0 bridgehead atoms. The molecule has 2 N–H and O–H groups in total. The Kier molecular flexibility index (Phi) is 5.82. The summed E-state index contributed by atoms with van der Waals surface area (Å²) in [6.07, 6.45) is 1.88. The van der Waals surface area contributed by atoms with Crippen molar-refractivity contribution in [1.29, 1.82) is 0 Å². The van der Waals surface area contributed by atoms with Gasteiger partial charge in [-0.2, -0.15) is 0 Å². The highest BCUT2D eigenvalue weighted by Gasteiger charge is 2.44. The summed E-state index contributed by atoms with van der Waals surface area (Å²) in [5, 5.41) is 5.83. The number of nitrogens with one attached hydrogen (secondary N) is 2. The Balaban J connectivity index is 1.46. The van der Waals surface area contributed by atoms with Crippen LogP contribution in [0.4, 0.5) is 5.69 Å². The lowest BCUT2D eigenvalue weighted by Gasteiger charge is -2.29. The normalized spacial score (nSPS) is 17.2. The molecule has 0 saturated heterocycles. The average molecular weight is 434 g/mol. The number of benzene rings is 2. The van der Waals surface area contributed by atoms with Crippen LogP contribution in [0.25, 0.3) is 0 Å². The molecule has 4 rings (SSSR count). The Hall–Kier alpha value is -3.48. The van der Waals surface area contributed by atoms with E-state index in [1.54, 1.807) is 24.3 Å². The smallest absolute Gasteiger partial charge is 0.262 e. The molecular weight excluding hydrogens is 406 g/mol. The van der Waals surface area contributed by atoms with Crippen molar-refractivity contribution in [2.75, 3.05) is 5.32 Å². The first-order valence-corrected chi connectivity index (χ1v) is 11.0. The molecular formula is C25H27N3O4. The van der Waals surface area contributed by atoms with E-state index in [9.17, 15) is 19.2 Å². The van der Waals surface area contributed by atoms with Gasteiger partial charge < -0.3 is 10.6 Å². The molecule has 166 valence electrons. The van der Waals surface area contributed by atoms with Gasteiger partial charge in [0.25, 0.3) is 11.8 Å². The highest BCUT2D eigenvalue weighted by molar-refractivity contribution is 6.22. The molecule has 0 aromatic heterocycles. The van der Waals surface area contributed by atoms with E-state index in [0.29, 0.717) is 11.1 Å². The molecule has 1 fully saturated rings. The molecule has 0 spiro atoms. The summed E-state index contributed by atoms with van der Waals surface area (Å²) in [5.74, 6) is -1.36. The lowest BCUT2D eigenvalue weighted by Crippen LogP contribution is -2.52. The number of amides is 4. The predicted octanol–water partition coefficient (Wildman–Crippen LogP) is 3.53. The number of imide groups is 1. The quantitative estimate of drug-likeness (QED) is 0.653. The van der Waals surface area contributed by atoms with Crippen LogP contribution in [0.5, 0.6) is 0 Å². The standard InChI is InChI=1S/C25H27N3O4/c1-14(2)21(28-24(31)19-6-4-5-7-20(19)25(28)32)23(30)26-15(3)16-10-12-18(13-11-16)27-22(29)17-8-9-17/h4-7,10-15,17,21H,8-9H2,1-3H3,(H,26,30)(H,27,29). The van der Waals surface area contributed by atoms with Crippen LogP contribution < -0.4 is 10.6 Å². The van der Waals surface area contributed by atoms with Crippen molar-refractivity contribution in [3.05, 3.63) is 65.2 Å². The topological polar surface area (TPSA) is 95.6 Å². The molecule has 1 saturated carbocycles. The van der Waals surface area contributed by atoms with Crippen LogP contribution in [0.3, 0.4) is 0 Å². The molecule has 2 unspecified atom stereocenters. The van der Waals surface area contributed by atoms with Crippen molar-refractivity contribution in [3.63, 3.8) is 0 Å². The minimum absolute atomic E-state index is 0.0415. The molecule has 2 atom stereocenters. The molecule has 7 heteroatoms. The maximum atomic E-state index is 13.2. The second-order valence-electron chi connectivity index (χ2n) is 8.83. The first-order valence-electron chi connectivity index (χ1n) is 11.0.